The largest absolute Gasteiger partial charge is 0.300 e. The summed E-state index contributed by atoms with van der Waals surface area (Å²) in [7, 11) is 0. The molecule has 0 amide bonds. The maximum absolute atomic E-state index is 10.6. The SMILES string of the molecule is CC(=O)CCSCCCSCCC(C)=O. The van der Waals surface area contributed by atoms with Crippen LogP contribution in [0.5, 0.6) is 0 Å². The average molecular weight is 248 g/mol. The molecule has 0 saturated carbocycles. The number of hydrogen-bond acceptors (Lipinski definition) is 4. The van der Waals surface area contributed by atoms with Gasteiger partial charge in [-0.2, -0.15) is 23.5 Å². The van der Waals surface area contributed by atoms with Crippen LogP contribution in [0.3, 0.4) is 0 Å². The molecule has 0 aliphatic rings. The number of ketones is 2. The molecule has 0 aromatic carbocycles. The van der Waals surface area contributed by atoms with Gasteiger partial charge >= 0.3 is 0 Å². The summed E-state index contributed by atoms with van der Waals surface area (Å²) in [5, 5.41) is 0. The lowest BCUT2D eigenvalue weighted by Crippen LogP contribution is -1.95. The average Bonchev–Trinajstić information content (AvgIpc) is 2.14. The lowest BCUT2D eigenvalue weighted by molar-refractivity contribution is -0.117. The highest BCUT2D eigenvalue weighted by Gasteiger charge is 1.96. The molecule has 0 fully saturated rings. The van der Waals surface area contributed by atoms with E-state index in [4.69, 9.17) is 0 Å². The van der Waals surface area contributed by atoms with Gasteiger partial charge in [-0.1, -0.05) is 0 Å². The van der Waals surface area contributed by atoms with E-state index >= 15 is 0 Å². The summed E-state index contributed by atoms with van der Waals surface area (Å²) < 4.78 is 0. The second-order valence-corrected chi connectivity index (χ2v) is 5.93. The molecule has 0 aliphatic heterocycles. The van der Waals surface area contributed by atoms with Crippen LogP contribution in [0, 0.1) is 0 Å². The molecule has 0 N–H and O–H groups in total. The van der Waals surface area contributed by atoms with Crippen LogP contribution in [-0.4, -0.2) is 34.6 Å². The molecule has 88 valence electrons. The van der Waals surface area contributed by atoms with Gasteiger partial charge in [0.1, 0.15) is 11.6 Å². The van der Waals surface area contributed by atoms with E-state index in [9.17, 15) is 9.59 Å². The Morgan fingerprint density at radius 1 is 0.800 bits per heavy atom. The first-order valence-electron chi connectivity index (χ1n) is 5.27. The van der Waals surface area contributed by atoms with Gasteiger partial charge in [-0.05, 0) is 31.8 Å². The van der Waals surface area contributed by atoms with Crippen LogP contribution in [0.4, 0.5) is 0 Å². The third kappa shape index (κ3) is 14.0. The van der Waals surface area contributed by atoms with Crippen molar-refractivity contribution in [2.24, 2.45) is 0 Å². The summed E-state index contributed by atoms with van der Waals surface area (Å²) in [4.78, 5) is 21.3. The van der Waals surface area contributed by atoms with E-state index in [1.165, 1.54) is 6.42 Å². The third-order valence-electron chi connectivity index (χ3n) is 1.77. The molecular formula is C11H20O2S2. The van der Waals surface area contributed by atoms with Crippen molar-refractivity contribution >= 4 is 35.1 Å². The van der Waals surface area contributed by atoms with Gasteiger partial charge in [-0.3, -0.25) is 9.59 Å². The van der Waals surface area contributed by atoms with Gasteiger partial charge in [0, 0.05) is 24.3 Å². The zero-order chi connectivity index (χ0) is 11.5. The normalized spacial score (nSPS) is 10.3. The van der Waals surface area contributed by atoms with Crippen molar-refractivity contribution in [1.82, 2.24) is 0 Å². The molecule has 0 aliphatic carbocycles. The van der Waals surface area contributed by atoms with E-state index in [-0.39, 0.29) is 11.6 Å². The van der Waals surface area contributed by atoms with E-state index in [1.807, 2.05) is 23.5 Å². The predicted octanol–water partition coefficient (Wildman–Crippen LogP) is 2.80. The molecule has 0 heterocycles. The Morgan fingerprint density at radius 3 is 1.53 bits per heavy atom. The second kappa shape index (κ2) is 10.6. The molecule has 4 heteroatoms. The van der Waals surface area contributed by atoms with Crippen molar-refractivity contribution in [1.29, 1.82) is 0 Å². The maximum atomic E-state index is 10.6. The number of carbonyl (C=O) groups excluding carboxylic acids is 2. The molecular weight excluding hydrogens is 228 g/mol. The molecule has 0 aromatic heterocycles. The third-order valence-corrected chi connectivity index (χ3v) is 3.91. The standard InChI is InChI=1S/C11H20O2S2/c1-10(12)4-8-14-6-3-7-15-9-5-11(2)13/h3-9H2,1-2H3. The fourth-order valence-electron chi connectivity index (χ4n) is 0.899. The Bertz CT molecular complexity index is 173. The Balaban J connectivity index is 2.99. The number of Topliss-reactive ketones (excluding diaryl/α,β-unsaturated/α-hetero) is 2. The monoisotopic (exact) mass is 248 g/mol. The van der Waals surface area contributed by atoms with Gasteiger partial charge in [0.2, 0.25) is 0 Å². The fourth-order valence-corrected chi connectivity index (χ4v) is 3.05. The number of hydrogen-bond donors (Lipinski definition) is 0. The fraction of sp³-hybridized carbons (Fsp3) is 0.818. The zero-order valence-corrected chi connectivity index (χ0v) is 11.2. The van der Waals surface area contributed by atoms with Crippen LogP contribution in [0.2, 0.25) is 0 Å². The Kier molecular flexibility index (Phi) is 10.6. The summed E-state index contributed by atoms with van der Waals surface area (Å²) in [6.45, 7) is 3.27. The Morgan fingerprint density at radius 2 is 1.20 bits per heavy atom. The highest BCUT2D eigenvalue weighted by molar-refractivity contribution is 8.00. The van der Waals surface area contributed by atoms with Crippen molar-refractivity contribution < 1.29 is 9.59 Å². The van der Waals surface area contributed by atoms with Crippen molar-refractivity contribution in [3.8, 4) is 0 Å². The first kappa shape index (κ1) is 15.0. The van der Waals surface area contributed by atoms with E-state index in [0.29, 0.717) is 12.8 Å². The summed E-state index contributed by atoms with van der Waals surface area (Å²) >= 11 is 3.69. The van der Waals surface area contributed by atoms with Crippen LogP contribution >= 0.6 is 23.5 Å². The van der Waals surface area contributed by atoms with Gasteiger partial charge in [0.15, 0.2) is 0 Å². The molecule has 2 nitrogen and oxygen atoms in total. The van der Waals surface area contributed by atoms with E-state index < -0.39 is 0 Å². The quantitative estimate of drug-likeness (QED) is 0.557. The Labute approximate surface area is 101 Å². The minimum Gasteiger partial charge on any atom is -0.300 e. The van der Waals surface area contributed by atoms with Crippen molar-refractivity contribution in [2.45, 2.75) is 33.1 Å². The van der Waals surface area contributed by atoms with Crippen LogP contribution in [0.25, 0.3) is 0 Å². The van der Waals surface area contributed by atoms with Crippen molar-refractivity contribution in [3.05, 3.63) is 0 Å². The van der Waals surface area contributed by atoms with Gasteiger partial charge < -0.3 is 0 Å². The second-order valence-electron chi connectivity index (χ2n) is 3.48. The minimum atomic E-state index is 0.276. The lowest BCUT2D eigenvalue weighted by atomic mass is 10.4. The predicted molar refractivity (Wildman–Crippen MR) is 69.9 cm³/mol. The molecule has 0 aromatic rings. The number of rotatable bonds is 10. The van der Waals surface area contributed by atoms with E-state index in [0.717, 1.165) is 23.0 Å². The smallest absolute Gasteiger partial charge is 0.130 e. The summed E-state index contributed by atoms with van der Waals surface area (Å²) in [5.74, 6) is 4.71. The van der Waals surface area contributed by atoms with E-state index in [1.54, 1.807) is 13.8 Å². The first-order chi connectivity index (χ1) is 7.13. The zero-order valence-electron chi connectivity index (χ0n) is 9.58. The van der Waals surface area contributed by atoms with Crippen molar-refractivity contribution in [3.63, 3.8) is 0 Å². The van der Waals surface area contributed by atoms with Gasteiger partial charge in [-0.15, -0.1) is 0 Å². The molecule has 15 heavy (non-hydrogen) atoms. The summed E-state index contributed by atoms with van der Waals surface area (Å²) in [6, 6.07) is 0. The highest BCUT2D eigenvalue weighted by Crippen LogP contribution is 2.10. The molecule has 0 saturated heterocycles. The Hall–Kier alpha value is 0.0400. The summed E-state index contributed by atoms with van der Waals surface area (Å²) in [6.07, 6.45) is 2.56. The van der Waals surface area contributed by atoms with Gasteiger partial charge in [0.05, 0.1) is 0 Å². The summed E-state index contributed by atoms with van der Waals surface area (Å²) in [5.41, 5.74) is 0. The molecule has 0 atom stereocenters. The maximum Gasteiger partial charge on any atom is 0.130 e. The van der Waals surface area contributed by atoms with E-state index in [2.05, 4.69) is 0 Å². The first-order valence-corrected chi connectivity index (χ1v) is 7.58. The van der Waals surface area contributed by atoms with Crippen LogP contribution in [-0.2, 0) is 9.59 Å². The van der Waals surface area contributed by atoms with Gasteiger partial charge in [0.25, 0.3) is 0 Å². The van der Waals surface area contributed by atoms with Crippen LogP contribution < -0.4 is 0 Å². The lowest BCUT2D eigenvalue weighted by Gasteiger charge is -2.00. The molecule has 0 bridgehead atoms. The minimum absolute atomic E-state index is 0.276. The number of carbonyl (C=O) groups is 2. The number of thioether (sulfide) groups is 2. The molecule has 0 spiro atoms. The van der Waals surface area contributed by atoms with Gasteiger partial charge in [-0.25, -0.2) is 0 Å². The van der Waals surface area contributed by atoms with Crippen LogP contribution in [0.1, 0.15) is 33.1 Å². The molecule has 0 unspecified atom stereocenters. The van der Waals surface area contributed by atoms with Crippen LogP contribution in [0.15, 0.2) is 0 Å². The topological polar surface area (TPSA) is 34.1 Å². The van der Waals surface area contributed by atoms with Crippen molar-refractivity contribution in [2.75, 3.05) is 23.0 Å². The highest BCUT2D eigenvalue weighted by atomic mass is 32.2. The molecule has 0 radical (unpaired) electrons. The molecule has 0 rings (SSSR count).